The summed E-state index contributed by atoms with van der Waals surface area (Å²) in [7, 11) is 0.120. The van der Waals surface area contributed by atoms with Crippen molar-refractivity contribution in [2.45, 2.75) is 58.2 Å². The zero-order valence-electron chi connectivity index (χ0n) is 20.2. The molecule has 0 saturated carbocycles. The zero-order chi connectivity index (χ0) is 24.4. The van der Waals surface area contributed by atoms with E-state index in [-0.39, 0.29) is 13.2 Å². The number of aromatic nitrogens is 1. The highest BCUT2D eigenvalue weighted by molar-refractivity contribution is 6.34. The Morgan fingerprint density at radius 1 is 1.12 bits per heavy atom. The highest BCUT2D eigenvalue weighted by Gasteiger charge is 2.30. The minimum atomic E-state index is -1.48. The van der Waals surface area contributed by atoms with Gasteiger partial charge in [0.1, 0.15) is 0 Å². The fraction of sp³-hybridized carbons (Fsp3) is 0.542. The van der Waals surface area contributed by atoms with Crippen LogP contribution in [0.1, 0.15) is 52.0 Å². The Hall–Kier alpha value is -2.17. The van der Waals surface area contributed by atoms with Gasteiger partial charge < -0.3 is 34.0 Å². The van der Waals surface area contributed by atoms with Crippen molar-refractivity contribution in [1.29, 1.82) is 0 Å². The van der Waals surface area contributed by atoms with Gasteiger partial charge in [-0.1, -0.05) is 13.0 Å². The second-order valence-corrected chi connectivity index (χ2v) is 8.67. The molecule has 0 aliphatic rings. The van der Waals surface area contributed by atoms with Crippen molar-refractivity contribution in [2.24, 2.45) is 0 Å². The number of rotatable bonds is 14. The fourth-order valence-electron chi connectivity index (χ4n) is 3.54. The third-order valence-electron chi connectivity index (χ3n) is 5.06. The van der Waals surface area contributed by atoms with Crippen molar-refractivity contribution in [2.75, 3.05) is 26.9 Å². The number of methoxy groups -OCH3 is 1. The first-order valence-corrected chi connectivity index (χ1v) is 11.2. The summed E-state index contributed by atoms with van der Waals surface area (Å²) in [5.41, 5.74) is 1.74. The first kappa shape index (κ1) is 27.1. The molecule has 0 saturated heterocycles. The van der Waals surface area contributed by atoms with Gasteiger partial charge in [0, 0.05) is 36.9 Å². The summed E-state index contributed by atoms with van der Waals surface area (Å²) < 4.78 is 22.1. The number of aliphatic hydroxyl groups excluding tert-OH is 2. The lowest BCUT2D eigenvalue weighted by Crippen LogP contribution is -2.38. The number of hydrogen-bond acceptors (Lipinski definition) is 8. The van der Waals surface area contributed by atoms with E-state index in [4.69, 9.17) is 18.8 Å². The molecule has 33 heavy (non-hydrogen) atoms. The average molecular weight is 461 g/mol. The molecule has 1 aromatic heterocycles. The fourth-order valence-corrected chi connectivity index (χ4v) is 3.54. The van der Waals surface area contributed by atoms with Gasteiger partial charge in [0.15, 0.2) is 11.5 Å². The van der Waals surface area contributed by atoms with Crippen LogP contribution in [0, 0.1) is 0 Å². The number of pyridine rings is 1. The molecule has 0 radical (unpaired) electrons. The first-order valence-electron chi connectivity index (χ1n) is 11.2. The van der Waals surface area contributed by atoms with Gasteiger partial charge in [-0.25, -0.2) is 0 Å². The molecular weight excluding hydrogens is 425 g/mol. The summed E-state index contributed by atoms with van der Waals surface area (Å²) in [5.74, 6) is 0.902. The third kappa shape index (κ3) is 8.60. The molecule has 0 aliphatic heterocycles. The van der Waals surface area contributed by atoms with Crippen molar-refractivity contribution in [3.05, 3.63) is 42.2 Å². The lowest BCUT2D eigenvalue weighted by Gasteiger charge is -2.28. The third-order valence-corrected chi connectivity index (χ3v) is 5.06. The maximum absolute atomic E-state index is 10.1. The van der Waals surface area contributed by atoms with Crippen molar-refractivity contribution in [1.82, 2.24) is 4.98 Å². The molecule has 0 spiro atoms. The summed E-state index contributed by atoms with van der Waals surface area (Å²) >= 11 is 0. The predicted molar refractivity (Wildman–Crippen MR) is 127 cm³/mol. The number of aliphatic hydroxyl groups is 2. The molecule has 2 aromatic rings. The van der Waals surface area contributed by atoms with Gasteiger partial charge in [-0.05, 0) is 56.5 Å². The summed E-state index contributed by atoms with van der Waals surface area (Å²) in [4.78, 5) is 4.32. The van der Waals surface area contributed by atoms with Crippen LogP contribution in [-0.4, -0.2) is 66.2 Å². The zero-order valence-corrected chi connectivity index (χ0v) is 20.2. The highest BCUT2D eigenvalue weighted by Crippen LogP contribution is 2.33. The minimum absolute atomic E-state index is 0.0288. The maximum Gasteiger partial charge on any atom is 0.637 e. The van der Waals surface area contributed by atoms with E-state index >= 15 is 0 Å². The Morgan fingerprint density at radius 3 is 2.52 bits per heavy atom. The lowest BCUT2D eigenvalue weighted by atomic mass is 9.97. The lowest BCUT2D eigenvalue weighted by molar-refractivity contribution is -0.00453. The molecule has 1 heterocycles. The van der Waals surface area contributed by atoms with Crippen LogP contribution >= 0.6 is 0 Å². The SMILES string of the molecule is CCCOc1cc(-c2cncc([C@@H](CO)COB(O)OC(C)(C)C[C@H](C)O)c2)ccc1OC. The largest absolute Gasteiger partial charge is 0.637 e. The van der Waals surface area contributed by atoms with E-state index in [1.165, 1.54) is 0 Å². The average Bonchev–Trinajstić information content (AvgIpc) is 2.76. The van der Waals surface area contributed by atoms with Crippen LogP contribution in [0.25, 0.3) is 11.1 Å². The van der Waals surface area contributed by atoms with Crippen LogP contribution in [0.2, 0.25) is 0 Å². The molecule has 0 bridgehead atoms. The monoisotopic (exact) mass is 461 g/mol. The molecule has 0 amide bonds. The van der Waals surface area contributed by atoms with E-state index in [1.54, 1.807) is 40.3 Å². The first-order chi connectivity index (χ1) is 15.7. The maximum atomic E-state index is 10.1. The number of hydrogen-bond donors (Lipinski definition) is 3. The van der Waals surface area contributed by atoms with Crippen LogP contribution in [0.5, 0.6) is 11.5 Å². The van der Waals surface area contributed by atoms with Crippen molar-refractivity contribution in [3.63, 3.8) is 0 Å². The van der Waals surface area contributed by atoms with E-state index < -0.39 is 24.9 Å². The van der Waals surface area contributed by atoms with E-state index in [2.05, 4.69) is 4.98 Å². The minimum Gasteiger partial charge on any atom is -0.493 e. The van der Waals surface area contributed by atoms with Crippen LogP contribution in [0.15, 0.2) is 36.7 Å². The van der Waals surface area contributed by atoms with E-state index in [0.717, 1.165) is 23.1 Å². The molecule has 0 fully saturated rings. The quantitative estimate of drug-likeness (QED) is 0.368. The van der Waals surface area contributed by atoms with Gasteiger partial charge in [0.2, 0.25) is 0 Å². The van der Waals surface area contributed by atoms with Crippen LogP contribution in [-0.2, 0) is 9.31 Å². The molecule has 0 aliphatic carbocycles. The molecule has 2 rings (SSSR count). The highest BCUT2D eigenvalue weighted by atomic mass is 16.7. The van der Waals surface area contributed by atoms with E-state index in [1.807, 2.05) is 31.2 Å². The van der Waals surface area contributed by atoms with E-state index in [0.29, 0.717) is 24.5 Å². The van der Waals surface area contributed by atoms with Gasteiger partial charge in [-0.15, -0.1) is 0 Å². The summed E-state index contributed by atoms with van der Waals surface area (Å²) in [6.07, 6.45) is 4.05. The number of nitrogens with zero attached hydrogens (tertiary/aromatic N) is 1. The molecule has 1 aromatic carbocycles. The van der Waals surface area contributed by atoms with Gasteiger partial charge in [-0.2, -0.15) is 0 Å². The summed E-state index contributed by atoms with van der Waals surface area (Å²) in [5, 5.41) is 29.6. The Morgan fingerprint density at radius 2 is 1.88 bits per heavy atom. The Bertz CT molecular complexity index is 862. The second-order valence-electron chi connectivity index (χ2n) is 8.67. The van der Waals surface area contributed by atoms with Crippen molar-refractivity contribution >= 4 is 7.32 Å². The molecule has 182 valence electrons. The van der Waals surface area contributed by atoms with Crippen molar-refractivity contribution < 1.29 is 34.0 Å². The summed E-state index contributed by atoms with van der Waals surface area (Å²) in [6, 6.07) is 7.60. The topological polar surface area (TPSA) is 111 Å². The van der Waals surface area contributed by atoms with Gasteiger partial charge >= 0.3 is 7.32 Å². The van der Waals surface area contributed by atoms with Gasteiger partial charge in [0.25, 0.3) is 0 Å². The molecular formula is C24H36BNO7. The smallest absolute Gasteiger partial charge is 0.493 e. The molecule has 8 nitrogen and oxygen atoms in total. The standard InChI is InChI=1S/C24H36BNO7/c1-6-9-31-23-11-18(7-8-22(23)30-5)19-10-20(14-26-13-19)21(15-27)16-32-25(29)33-24(3,4)12-17(2)28/h7-8,10-11,13-14,17,21,27-29H,6,9,12,15-16H2,1-5H3/t17-,21-/m0/s1. The molecule has 9 heteroatoms. The predicted octanol–water partition coefficient (Wildman–Crippen LogP) is 3.18. The number of benzene rings is 1. The van der Waals surface area contributed by atoms with Gasteiger partial charge in [0.05, 0.1) is 32.0 Å². The van der Waals surface area contributed by atoms with E-state index in [9.17, 15) is 15.2 Å². The molecule has 2 atom stereocenters. The number of ether oxygens (including phenoxy) is 2. The second kappa shape index (κ2) is 12.9. The summed E-state index contributed by atoms with van der Waals surface area (Å²) in [6.45, 7) is 7.63. The van der Waals surface area contributed by atoms with Crippen molar-refractivity contribution in [3.8, 4) is 22.6 Å². The molecule has 3 N–H and O–H groups in total. The molecule has 0 unspecified atom stereocenters. The normalized spacial score (nSPS) is 13.5. The Labute approximate surface area is 196 Å². The Kier molecular flexibility index (Phi) is 10.6. The van der Waals surface area contributed by atoms with Crippen LogP contribution in [0.3, 0.4) is 0 Å². The van der Waals surface area contributed by atoms with Gasteiger partial charge in [-0.3, -0.25) is 4.98 Å². The Balaban J connectivity index is 2.12. The van der Waals surface area contributed by atoms with Crippen LogP contribution < -0.4 is 9.47 Å². The van der Waals surface area contributed by atoms with Crippen LogP contribution in [0.4, 0.5) is 0 Å².